The predicted octanol–water partition coefficient (Wildman–Crippen LogP) is 7.16. The van der Waals surface area contributed by atoms with Gasteiger partial charge < -0.3 is 19.3 Å². The Balaban J connectivity index is 0.000000892. The number of terminal acetylenes is 1. The van der Waals surface area contributed by atoms with E-state index in [1.807, 2.05) is 19.1 Å². The highest BCUT2D eigenvalue weighted by atomic mass is 19.4. The smallest absolute Gasteiger partial charge is 0.417 e. The summed E-state index contributed by atoms with van der Waals surface area (Å²) >= 11 is 0. The molecule has 6 nitrogen and oxygen atoms in total. The maximum Gasteiger partial charge on any atom is 0.417 e. The van der Waals surface area contributed by atoms with E-state index < -0.39 is 23.2 Å². The highest BCUT2D eigenvalue weighted by Gasteiger charge is 2.35. The van der Waals surface area contributed by atoms with Gasteiger partial charge in [-0.25, -0.2) is 14.4 Å². The van der Waals surface area contributed by atoms with E-state index in [2.05, 4.69) is 28.1 Å². The molecule has 0 saturated carbocycles. The summed E-state index contributed by atoms with van der Waals surface area (Å²) in [7, 11) is 0. The molecule has 0 bridgehead atoms. The highest BCUT2D eigenvalue weighted by Crippen LogP contribution is 2.39. The van der Waals surface area contributed by atoms with Gasteiger partial charge in [-0.3, -0.25) is 0 Å². The Hall–Kier alpha value is -3.84. The molecule has 1 aliphatic carbocycles. The summed E-state index contributed by atoms with van der Waals surface area (Å²) in [6.45, 7) is 7.83. The summed E-state index contributed by atoms with van der Waals surface area (Å²) in [5.74, 6) is 0.116. The molecule has 0 spiro atoms. The normalized spacial score (nSPS) is 14.3. The van der Waals surface area contributed by atoms with Crippen molar-refractivity contribution in [2.45, 2.75) is 71.8 Å². The van der Waals surface area contributed by atoms with Gasteiger partial charge in [0.1, 0.15) is 18.5 Å². The number of aromatic nitrogens is 2. The molecule has 1 unspecified atom stereocenters. The van der Waals surface area contributed by atoms with Crippen LogP contribution in [0.1, 0.15) is 62.8 Å². The summed E-state index contributed by atoms with van der Waals surface area (Å²) in [5.41, 5.74) is 0.559. The third kappa shape index (κ3) is 9.62. The number of aliphatic hydroxyl groups is 1. The second kappa shape index (κ2) is 14.4. The third-order valence-corrected chi connectivity index (χ3v) is 6.52. The van der Waals surface area contributed by atoms with Crippen molar-refractivity contribution in [3.63, 3.8) is 0 Å². The van der Waals surface area contributed by atoms with E-state index in [1.165, 1.54) is 17.7 Å². The monoisotopic (exact) mass is 588 g/mol. The van der Waals surface area contributed by atoms with Crippen LogP contribution < -0.4 is 9.47 Å². The number of nitrogens with zero attached hydrogens (tertiary/aromatic N) is 2. The summed E-state index contributed by atoms with van der Waals surface area (Å²) in [5, 5.41) is 9.76. The number of halogens is 4. The zero-order chi connectivity index (χ0) is 30.9. The van der Waals surface area contributed by atoms with Crippen LogP contribution in [0.25, 0.3) is 11.1 Å². The Kier molecular flexibility index (Phi) is 11.2. The lowest BCUT2D eigenvalue weighted by molar-refractivity contribution is -0.137. The first-order valence-corrected chi connectivity index (χ1v) is 13.7. The first kappa shape index (κ1) is 32.7. The van der Waals surface area contributed by atoms with Crippen molar-refractivity contribution in [3.8, 4) is 35.4 Å². The van der Waals surface area contributed by atoms with Gasteiger partial charge in [-0.05, 0) is 81.2 Å². The molecule has 10 heteroatoms. The van der Waals surface area contributed by atoms with Crippen LogP contribution in [-0.4, -0.2) is 33.9 Å². The summed E-state index contributed by atoms with van der Waals surface area (Å²) in [6.07, 6.45) is 7.60. The van der Waals surface area contributed by atoms with Crippen molar-refractivity contribution in [1.29, 1.82) is 0 Å². The van der Waals surface area contributed by atoms with E-state index >= 15 is 0 Å². The van der Waals surface area contributed by atoms with Crippen LogP contribution in [0.3, 0.4) is 0 Å². The summed E-state index contributed by atoms with van der Waals surface area (Å²) in [4.78, 5) is 8.31. The van der Waals surface area contributed by atoms with Gasteiger partial charge in [0, 0.05) is 35.7 Å². The molecule has 0 aliphatic heterocycles. The van der Waals surface area contributed by atoms with E-state index in [4.69, 9.17) is 9.47 Å². The van der Waals surface area contributed by atoms with Crippen LogP contribution in [-0.2, 0) is 30.4 Å². The minimum Gasteiger partial charge on any atom is -0.478 e. The standard InChI is InChI=1S/C28H30F4N2O3.C4H6O/c1-17-9-19-12-25(33-14-20(19)10-17)37-16-21-11-18(5-6-24(21)29)22-15-34-26(13-23(22)28(30,31)32)36-8-4-7-27(2,3)35;1-3-5-4-2/h5-6,11-15,17,35H,4,7-10,16H2,1-3H3;1H,4H2,2H3. The van der Waals surface area contributed by atoms with E-state index in [0.717, 1.165) is 36.7 Å². The lowest BCUT2D eigenvalue weighted by Crippen LogP contribution is -2.19. The van der Waals surface area contributed by atoms with Gasteiger partial charge in [0.05, 0.1) is 24.4 Å². The largest absolute Gasteiger partial charge is 0.478 e. The molecular weight excluding hydrogens is 552 g/mol. The van der Waals surface area contributed by atoms with Crippen LogP contribution in [0, 0.1) is 24.3 Å². The molecule has 0 amide bonds. The first-order chi connectivity index (χ1) is 19.8. The number of rotatable bonds is 10. The lowest BCUT2D eigenvalue weighted by atomic mass is 9.99. The predicted molar refractivity (Wildman–Crippen MR) is 151 cm³/mol. The van der Waals surface area contributed by atoms with Gasteiger partial charge in [0.15, 0.2) is 0 Å². The summed E-state index contributed by atoms with van der Waals surface area (Å²) in [6, 6.07) is 6.42. The molecule has 1 atom stereocenters. The average molecular weight is 589 g/mol. The second-order valence-corrected chi connectivity index (χ2v) is 10.8. The lowest BCUT2D eigenvalue weighted by Gasteiger charge is -2.17. The molecule has 2 heterocycles. The molecule has 226 valence electrons. The fraction of sp³-hybridized carbons (Fsp3) is 0.438. The Labute approximate surface area is 244 Å². The Morgan fingerprint density at radius 2 is 1.71 bits per heavy atom. The number of alkyl halides is 3. The van der Waals surface area contributed by atoms with Crippen molar-refractivity contribution in [2.24, 2.45) is 5.92 Å². The van der Waals surface area contributed by atoms with Crippen LogP contribution >= 0.6 is 0 Å². The molecule has 1 aromatic carbocycles. The van der Waals surface area contributed by atoms with Crippen LogP contribution in [0.5, 0.6) is 11.8 Å². The molecule has 0 fully saturated rings. The van der Waals surface area contributed by atoms with E-state index in [1.54, 1.807) is 20.0 Å². The van der Waals surface area contributed by atoms with Gasteiger partial charge in [-0.2, -0.15) is 13.2 Å². The average Bonchev–Trinajstić information content (AvgIpc) is 3.30. The maximum atomic E-state index is 14.5. The molecule has 0 radical (unpaired) electrons. The van der Waals surface area contributed by atoms with Crippen molar-refractivity contribution in [2.75, 3.05) is 13.2 Å². The van der Waals surface area contributed by atoms with Crippen molar-refractivity contribution >= 4 is 0 Å². The van der Waals surface area contributed by atoms with Gasteiger partial charge in [0.2, 0.25) is 11.8 Å². The van der Waals surface area contributed by atoms with Gasteiger partial charge in [-0.15, -0.1) is 0 Å². The Morgan fingerprint density at radius 1 is 1.02 bits per heavy atom. The molecule has 1 N–H and O–H groups in total. The number of hydrogen-bond acceptors (Lipinski definition) is 6. The molecule has 42 heavy (non-hydrogen) atoms. The topological polar surface area (TPSA) is 73.7 Å². The Bertz CT molecular complexity index is 1380. The van der Waals surface area contributed by atoms with Crippen LogP contribution in [0.15, 0.2) is 42.7 Å². The molecule has 0 saturated heterocycles. The SMILES string of the molecule is C#COCC.CC1Cc2cnc(OCc3cc(-c4cnc(OCCCC(C)(C)O)cc4C(F)(F)F)ccc3F)cc2C1. The third-order valence-electron chi connectivity index (χ3n) is 6.52. The fourth-order valence-corrected chi connectivity index (χ4v) is 4.53. The van der Waals surface area contributed by atoms with Gasteiger partial charge in [0.25, 0.3) is 0 Å². The molecule has 2 aromatic heterocycles. The van der Waals surface area contributed by atoms with E-state index in [0.29, 0.717) is 31.2 Å². The number of hydrogen-bond donors (Lipinski definition) is 1. The van der Waals surface area contributed by atoms with Gasteiger partial charge in [-0.1, -0.05) is 19.4 Å². The molecule has 3 aromatic rings. The Morgan fingerprint density at radius 3 is 2.36 bits per heavy atom. The van der Waals surface area contributed by atoms with E-state index in [-0.39, 0.29) is 35.8 Å². The molecule has 4 rings (SSSR count). The number of fused-ring (bicyclic) bond motifs is 1. The number of pyridine rings is 2. The number of benzene rings is 1. The highest BCUT2D eigenvalue weighted by molar-refractivity contribution is 5.68. The zero-order valence-corrected chi connectivity index (χ0v) is 24.2. The van der Waals surface area contributed by atoms with Crippen molar-refractivity contribution < 1.29 is 36.9 Å². The maximum absolute atomic E-state index is 14.5. The molecular formula is C32H36F4N2O4. The second-order valence-electron chi connectivity index (χ2n) is 10.8. The summed E-state index contributed by atoms with van der Waals surface area (Å²) < 4.78 is 71.7. The first-order valence-electron chi connectivity index (χ1n) is 13.7. The minimum absolute atomic E-state index is 0.105. The van der Waals surface area contributed by atoms with Crippen LogP contribution in [0.4, 0.5) is 17.6 Å². The molecule has 1 aliphatic rings. The van der Waals surface area contributed by atoms with Crippen LogP contribution in [0.2, 0.25) is 0 Å². The number of ether oxygens (including phenoxy) is 3. The quantitative estimate of drug-likeness (QED) is 0.154. The van der Waals surface area contributed by atoms with E-state index in [9.17, 15) is 22.7 Å². The fourth-order valence-electron chi connectivity index (χ4n) is 4.53. The van der Waals surface area contributed by atoms with Gasteiger partial charge >= 0.3 is 6.18 Å². The minimum atomic E-state index is -4.68. The zero-order valence-electron chi connectivity index (χ0n) is 24.2. The van der Waals surface area contributed by atoms with Crippen molar-refractivity contribution in [3.05, 3.63) is 70.8 Å². The van der Waals surface area contributed by atoms with Crippen molar-refractivity contribution in [1.82, 2.24) is 9.97 Å².